The van der Waals surface area contributed by atoms with Crippen molar-refractivity contribution in [1.29, 1.82) is 0 Å². The molecule has 1 rings (SSSR count). The number of methoxy groups -OCH3 is 1. The molecule has 1 aliphatic rings. The van der Waals surface area contributed by atoms with Crippen LogP contribution in [0, 0.1) is 0 Å². The van der Waals surface area contributed by atoms with E-state index in [9.17, 15) is 0 Å². The van der Waals surface area contributed by atoms with Crippen LogP contribution in [0.25, 0.3) is 0 Å². The molecule has 1 aliphatic heterocycles. The van der Waals surface area contributed by atoms with Crippen LogP contribution in [0.15, 0.2) is 0 Å². The van der Waals surface area contributed by atoms with E-state index < -0.39 is 0 Å². The van der Waals surface area contributed by atoms with Gasteiger partial charge in [0.05, 0.1) is 12.2 Å². The van der Waals surface area contributed by atoms with Crippen molar-refractivity contribution in [3.63, 3.8) is 0 Å². The largest absolute Gasteiger partial charge is 0.385 e. The van der Waals surface area contributed by atoms with Gasteiger partial charge < -0.3 is 9.47 Å². The van der Waals surface area contributed by atoms with Crippen LogP contribution in [-0.2, 0) is 9.47 Å². The minimum Gasteiger partial charge on any atom is -0.385 e. The quantitative estimate of drug-likeness (QED) is 0.712. The Bertz CT molecular complexity index is 132. The average Bonchev–Trinajstić information content (AvgIpc) is 2.33. The van der Waals surface area contributed by atoms with Crippen molar-refractivity contribution in [3.05, 3.63) is 0 Å². The normalized spacial score (nSPS) is 24.2. The molecule has 0 spiro atoms. The maximum atomic E-state index is 5.65. The average molecular weight is 247 g/mol. The molecule has 0 saturated carbocycles. The van der Waals surface area contributed by atoms with Crippen LogP contribution >= 0.6 is 0 Å². The molecule has 106 valence electrons. The Morgan fingerprint density at radius 1 is 1.06 bits per heavy atom. The van der Waals surface area contributed by atoms with Crippen molar-refractivity contribution in [2.75, 3.05) is 33.4 Å². The molecule has 1 saturated heterocycles. The summed E-state index contributed by atoms with van der Waals surface area (Å²) in [6, 6.07) is 0. The van der Waals surface area contributed by atoms with Crippen molar-refractivity contribution in [2.45, 2.75) is 60.2 Å². The zero-order chi connectivity index (χ0) is 13.7. The van der Waals surface area contributed by atoms with E-state index in [4.69, 9.17) is 9.47 Å². The lowest BCUT2D eigenvalue weighted by Crippen LogP contribution is -2.45. The van der Waals surface area contributed by atoms with Gasteiger partial charge in [0.25, 0.3) is 0 Å². The molecular weight excluding hydrogens is 214 g/mol. The fourth-order valence-corrected chi connectivity index (χ4v) is 1.90. The number of hydrogen-bond donors (Lipinski definition) is 0. The zero-order valence-electron chi connectivity index (χ0n) is 13.0. The molecule has 1 fully saturated rings. The highest BCUT2D eigenvalue weighted by Crippen LogP contribution is 2.10. The van der Waals surface area contributed by atoms with Crippen molar-refractivity contribution in [1.82, 2.24) is 4.90 Å². The molecule has 0 amide bonds. The summed E-state index contributed by atoms with van der Waals surface area (Å²) in [6.07, 6.45) is 1.88. The van der Waals surface area contributed by atoms with Gasteiger partial charge in [-0.2, -0.15) is 0 Å². The van der Waals surface area contributed by atoms with E-state index in [2.05, 4.69) is 18.7 Å². The Balaban J connectivity index is 0. The van der Waals surface area contributed by atoms with Crippen LogP contribution in [0.4, 0.5) is 0 Å². The van der Waals surface area contributed by atoms with E-state index in [1.807, 2.05) is 27.7 Å². The standard InChI is InChI=1S/C10H21NO2.2C2H6/c1-9-7-11(5-4-6-12-3)8-10(2)13-9;2*1-2/h9-10H,4-8H2,1-3H3;2*1-2H3. The van der Waals surface area contributed by atoms with Gasteiger partial charge >= 0.3 is 0 Å². The Labute approximate surface area is 108 Å². The molecule has 3 nitrogen and oxygen atoms in total. The van der Waals surface area contributed by atoms with Crippen LogP contribution in [0.3, 0.4) is 0 Å². The second kappa shape index (κ2) is 13.9. The Hall–Kier alpha value is -0.120. The third-order valence-electron chi connectivity index (χ3n) is 2.32. The summed E-state index contributed by atoms with van der Waals surface area (Å²) in [5, 5.41) is 0. The van der Waals surface area contributed by atoms with Crippen molar-refractivity contribution < 1.29 is 9.47 Å². The van der Waals surface area contributed by atoms with Gasteiger partial charge in [-0.15, -0.1) is 0 Å². The Kier molecular flexibility index (Phi) is 15.8. The van der Waals surface area contributed by atoms with Gasteiger partial charge in [0.15, 0.2) is 0 Å². The maximum absolute atomic E-state index is 5.65. The van der Waals surface area contributed by atoms with E-state index in [0.29, 0.717) is 12.2 Å². The SMILES string of the molecule is CC.CC.COCCCN1CC(C)OC(C)C1. The second-order valence-corrected chi connectivity index (χ2v) is 3.86. The van der Waals surface area contributed by atoms with Gasteiger partial charge in [-0.1, -0.05) is 27.7 Å². The number of rotatable bonds is 4. The molecule has 1 heterocycles. The third-order valence-corrected chi connectivity index (χ3v) is 2.32. The fourth-order valence-electron chi connectivity index (χ4n) is 1.90. The van der Waals surface area contributed by atoms with Gasteiger partial charge in [-0.05, 0) is 20.3 Å². The van der Waals surface area contributed by atoms with Gasteiger partial charge in [-0.25, -0.2) is 0 Å². The van der Waals surface area contributed by atoms with Gasteiger partial charge in [0.2, 0.25) is 0 Å². The molecule has 0 aromatic rings. The van der Waals surface area contributed by atoms with E-state index in [0.717, 1.165) is 32.7 Å². The molecule has 17 heavy (non-hydrogen) atoms. The first-order valence-corrected chi connectivity index (χ1v) is 7.09. The summed E-state index contributed by atoms with van der Waals surface area (Å²) in [5.74, 6) is 0. The van der Waals surface area contributed by atoms with E-state index in [-0.39, 0.29) is 0 Å². The molecular formula is C14H33NO2. The summed E-state index contributed by atoms with van der Waals surface area (Å²) in [5.41, 5.74) is 0. The first-order chi connectivity index (χ1) is 8.22. The molecule has 0 bridgehead atoms. The van der Waals surface area contributed by atoms with Crippen LogP contribution < -0.4 is 0 Å². The van der Waals surface area contributed by atoms with Crippen molar-refractivity contribution in [2.24, 2.45) is 0 Å². The lowest BCUT2D eigenvalue weighted by molar-refractivity contribution is -0.0690. The van der Waals surface area contributed by atoms with E-state index in [1.165, 1.54) is 0 Å². The molecule has 0 aromatic heterocycles. The van der Waals surface area contributed by atoms with Crippen molar-refractivity contribution in [3.8, 4) is 0 Å². The molecule has 2 atom stereocenters. The smallest absolute Gasteiger partial charge is 0.0678 e. The number of nitrogens with zero attached hydrogens (tertiary/aromatic N) is 1. The van der Waals surface area contributed by atoms with E-state index in [1.54, 1.807) is 7.11 Å². The molecule has 2 unspecified atom stereocenters. The predicted octanol–water partition coefficient (Wildman–Crippen LogP) is 3.18. The minimum atomic E-state index is 0.381. The van der Waals surface area contributed by atoms with Gasteiger partial charge in [-0.3, -0.25) is 4.90 Å². The zero-order valence-corrected chi connectivity index (χ0v) is 13.0. The highest BCUT2D eigenvalue weighted by atomic mass is 16.5. The highest BCUT2D eigenvalue weighted by molar-refractivity contribution is 4.72. The minimum absolute atomic E-state index is 0.381. The Morgan fingerprint density at radius 2 is 1.53 bits per heavy atom. The number of ether oxygens (including phenoxy) is 2. The second-order valence-electron chi connectivity index (χ2n) is 3.86. The summed E-state index contributed by atoms with van der Waals surface area (Å²) >= 11 is 0. The lowest BCUT2D eigenvalue weighted by Gasteiger charge is -2.35. The number of morpholine rings is 1. The Morgan fingerprint density at radius 3 is 1.94 bits per heavy atom. The molecule has 0 radical (unpaired) electrons. The predicted molar refractivity (Wildman–Crippen MR) is 75.6 cm³/mol. The monoisotopic (exact) mass is 247 g/mol. The topological polar surface area (TPSA) is 21.7 Å². The first kappa shape index (κ1) is 19.2. The fraction of sp³-hybridized carbons (Fsp3) is 1.00. The summed E-state index contributed by atoms with van der Waals surface area (Å²) in [6.45, 7) is 16.4. The summed E-state index contributed by atoms with van der Waals surface area (Å²) in [7, 11) is 1.75. The lowest BCUT2D eigenvalue weighted by atomic mass is 10.2. The summed E-state index contributed by atoms with van der Waals surface area (Å²) in [4.78, 5) is 2.46. The maximum Gasteiger partial charge on any atom is 0.0678 e. The first-order valence-electron chi connectivity index (χ1n) is 7.09. The van der Waals surface area contributed by atoms with Gasteiger partial charge in [0.1, 0.15) is 0 Å². The number of hydrogen-bond acceptors (Lipinski definition) is 3. The molecule has 0 aliphatic carbocycles. The van der Waals surface area contributed by atoms with Crippen LogP contribution in [0.5, 0.6) is 0 Å². The van der Waals surface area contributed by atoms with Crippen LogP contribution in [0.1, 0.15) is 48.0 Å². The summed E-state index contributed by atoms with van der Waals surface area (Å²) < 4.78 is 10.7. The van der Waals surface area contributed by atoms with E-state index >= 15 is 0 Å². The van der Waals surface area contributed by atoms with Crippen LogP contribution in [0.2, 0.25) is 0 Å². The highest BCUT2D eigenvalue weighted by Gasteiger charge is 2.21. The molecule has 3 heteroatoms. The molecule has 0 N–H and O–H groups in total. The van der Waals surface area contributed by atoms with Gasteiger partial charge in [0, 0.05) is 33.4 Å². The third kappa shape index (κ3) is 10.7. The van der Waals surface area contributed by atoms with Crippen LogP contribution in [-0.4, -0.2) is 50.5 Å². The van der Waals surface area contributed by atoms with Crippen molar-refractivity contribution >= 4 is 0 Å². The molecule has 0 aromatic carbocycles.